The van der Waals surface area contributed by atoms with Gasteiger partial charge in [0, 0.05) is 24.0 Å². The summed E-state index contributed by atoms with van der Waals surface area (Å²) in [7, 11) is 0. The van der Waals surface area contributed by atoms with Gasteiger partial charge < -0.3 is 5.73 Å². The van der Waals surface area contributed by atoms with Crippen LogP contribution in [-0.2, 0) is 0 Å². The third kappa shape index (κ3) is 6.65. The number of anilines is 1. The fourth-order valence-corrected chi connectivity index (χ4v) is 1.39. The van der Waals surface area contributed by atoms with Crippen molar-refractivity contribution in [1.82, 2.24) is 0 Å². The molecule has 0 bridgehead atoms. The maximum absolute atomic E-state index is 10.5. The van der Waals surface area contributed by atoms with Crippen LogP contribution in [-0.4, -0.2) is 11.1 Å². The Morgan fingerprint density at radius 1 is 0.955 bits per heavy atom. The normalized spacial score (nSPS) is 9.27. The number of nitrogens with two attached hydrogens (primary N) is 1. The van der Waals surface area contributed by atoms with Crippen LogP contribution in [0.25, 0.3) is 0 Å². The SMILES string of the molecule is CC.CC.Nc1ccc(N=Cc2ccc([N+](=O)[O-])cc2)cc1. The van der Waals surface area contributed by atoms with Crippen LogP contribution < -0.4 is 5.73 Å². The molecule has 0 aliphatic carbocycles. The van der Waals surface area contributed by atoms with E-state index in [0.717, 1.165) is 11.3 Å². The molecular weight excluding hydrogens is 278 g/mol. The molecule has 2 aromatic rings. The van der Waals surface area contributed by atoms with E-state index in [-0.39, 0.29) is 5.69 Å². The number of hydrogen-bond donors (Lipinski definition) is 1. The number of hydrogen-bond acceptors (Lipinski definition) is 4. The topological polar surface area (TPSA) is 81.5 Å². The third-order valence-corrected chi connectivity index (χ3v) is 2.36. The lowest BCUT2D eigenvalue weighted by Crippen LogP contribution is -1.88. The van der Waals surface area contributed by atoms with Gasteiger partial charge >= 0.3 is 0 Å². The largest absolute Gasteiger partial charge is 0.399 e. The average molecular weight is 301 g/mol. The van der Waals surface area contributed by atoms with Gasteiger partial charge in [0.1, 0.15) is 0 Å². The quantitative estimate of drug-likeness (QED) is 0.375. The van der Waals surface area contributed by atoms with Crippen LogP contribution in [0.15, 0.2) is 53.5 Å². The average Bonchev–Trinajstić information content (AvgIpc) is 2.58. The number of nitrogens with zero attached hydrogens (tertiary/aromatic N) is 2. The molecule has 0 fully saturated rings. The van der Waals surface area contributed by atoms with E-state index in [2.05, 4.69) is 4.99 Å². The van der Waals surface area contributed by atoms with E-state index in [0.29, 0.717) is 5.69 Å². The summed E-state index contributed by atoms with van der Waals surface area (Å²) >= 11 is 0. The second-order valence-corrected chi connectivity index (χ2v) is 3.70. The molecule has 5 heteroatoms. The Balaban J connectivity index is 0.00000102. The van der Waals surface area contributed by atoms with E-state index >= 15 is 0 Å². The van der Waals surface area contributed by atoms with Crippen molar-refractivity contribution in [2.24, 2.45) is 4.99 Å². The Morgan fingerprint density at radius 2 is 1.45 bits per heavy atom. The van der Waals surface area contributed by atoms with Crippen LogP contribution in [0.2, 0.25) is 0 Å². The third-order valence-electron chi connectivity index (χ3n) is 2.36. The van der Waals surface area contributed by atoms with E-state index in [1.54, 1.807) is 42.6 Å². The Kier molecular flexibility index (Phi) is 9.67. The van der Waals surface area contributed by atoms with Crippen molar-refractivity contribution < 1.29 is 4.92 Å². The van der Waals surface area contributed by atoms with Crippen LogP contribution in [0.5, 0.6) is 0 Å². The van der Waals surface area contributed by atoms with Crippen molar-refractivity contribution in [3.63, 3.8) is 0 Å². The molecule has 2 N–H and O–H groups in total. The highest BCUT2D eigenvalue weighted by atomic mass is 16.6. The Morgan fingerprint density at radius 3 is 1.91 bits per heavy atom. The van der Waals surface area contributed by atoms with Crippen molar-refractivity contribution in [2.75, 3.05) is 5.73 Å². The standard InChI is InChI=1S/C13H11N3O2.2C2H6/c14-11-3-5-12(6-4-11)15-9-10-1-7-13(8-2-10)16(17)18;2*1-2/h1-9H,14H2;2*1-2H3. The van der Waals surface area contributed by atoms with E-state index in [4.69, 9.17) is 5.73 Å². The first-order chi connectivity index (χ1) is 10.6. The van der Waals surface area contributed by atoms with Gasteiger partial charge in [-0.15, -0.1) is 0 Å². The maximum atomic E-state index is 10.5. The minimum atomic E-state index is -0.430. The van der Waals surface area contributed by atoms with Gasteiger partial charge in [0.2, 0.25) is 0 Å². The maximum Gasteiger partial charge on any atom is 0.269 e. The van der Waals surface area contributed by atoms with E-state index < -0.39 is 4.92 Å². The lowest BCUT2D eigenvalue weighted by molar-refractivity contribution is -0.384. The van der Waals surface area contributed by atoms with Gasteiger partial charge in [-0.05, 0) is 42.0 Å². The summed E-state index contributed by atoms with van der Waals surface area (Å²) in [6, 6.07) is 13.3. The highest BCUT2D eigenvalue weighted by Crippen LogP contribution is 2.15. The molecule has 0 heterocycles. The van der Waals surface area contributed by atoms with Crippen molar-refractivity contribution in [3.8, 4) is 0 Å². The fraction of sp³-hybridized carbons (Fsp3) is 0.235. The predicted molar refractivity (Wildman–Crippen MR) is 93.9 cm³/mol. The predicted octanol–water partition coefficient (Wildman–Crippen LogP) is 4.98. The van der Waals surface area contributed by atoms with Crippen LogP contribution in [0.4, 0.5) is 17.1 Å². The zero-order valence-corrected chi connectivity index (χ0v) is 13.5. The fourth-order valence-electron chi connectivity index (χ4n) is 1.39. The highest BCUT2D eigenvalue weighted by Gasteiger charge is 2.02. The van der Waals surface area contributed by atoms with Crippen molar-refractivity contribution in [2.45, 2.75) is 27.7 Å². The number of aliphatic imine (C=N–C) groups is 1. The van der Waals surface area contributed by atoms with Crippen LogP contribution >= 0.6 is 0 Å². The van der Waals surface area contributed by atoms with Gasteiger partial charge in [-0.2, -0.15) is 0 Å². The highest BCUT2D eigenvalue weighted by molar-refractivity contribution is 5.82. The van der Waals surface area contributed by atoms with Crippen molar-refractivity contribution in [3.05, 3.63) is 64.2 Å². The molecule has 22 heavy (non-hydrogen) atoms. The molecule has 0 aliphatic rings. The molecule has 0 amide bonds. The van der Waals surface area contributed by atoms with Gasteiger partial charge in [-0.3, -0.25) is 15.1 Å². The summed E-state index contributed by atoms with van der Waals surface area (Å²) in [5.74, 6) is 0. The summed E-state index contributed by atoms with van der Waals surface area (Å²) in [5, 5.41) is 10.5. The molecule has 2 rings (SSSR count). The number of benzene rings is 2. The van der Waals surface area contributed by atoms with Crippen LogP contribution in [0, 0.1) is 10.1 Å². The zero-order valence-electron chi connectivity index (χ0n) is 13.5. The lowest BCUT2D eigenvalue weighted by atomic mass is 10.2. The minimum Gasteiger partial charge on any atom is -0.399 e. The number of nitro groups is 1. The second-order valence-electron chi connectivity index (χ2n) is 3.70. The Bertz CT molecular complexity index is 576. The molecule has 0 aliphatic heterocycles. The molecule has 0 saturated carbocycles. The molecular formula is C17H23N3O2. The molecule has 118 valence electrons. The first kappa shape index (κ1) is 19.3. The number of rotatable bonds is 3. The van der Waals surface area contributed by atoms with Crippen molar-refractivity contribution >= 4 is 23.3 Å². The number of non-ortho nitro benzene ring substituents is 1. The summed E-state index contributed by atoms with van der Waals surface area (Å²) < 4.78 is 0. The lowest BCUT2D eigenvalue weighted by Gasteiger charge is -1.95. The number of nitrogen functional groups attached to an aromatic ring is 1. The molecule has 0 radical (unpaired) electrons. The van der Waals surface area contributed by atoms with E-state index in [9.17, 15) is 10.1 Å². The van der Waals surface area contributed by atoms with E-state index in [1.807, 2.05) is 27.7 Å². The van der Waals surface area contributed by atoms with Crippen LogP contribution in [0.3, 0.4) is 0 Å². The van der Waals surface area contributed by atoms with Gasteiger partial charge in [-0.1, -0.05) is 27.7 Å². The summed E-state index contributed by atoms with van der Waals surface area (Å²) in [5.41, 5.74) is 7.90. The molecule has 5 nitrogen and oxygen atoms in total. The molecule has 2 aromatic carbocycles. The van der Waals surface area contributed by atoms with Crippen LogP contribution in [0.1, 0.15) is 33.3 Å². The Labute approximate surface area is 131 Å². The summed E-state index contributed by atoms with van der Waals surface area (Å²) in [6.45, 7) is 8.00. The first-order valence-corrected chi connectivity index (χ1v) is 7.29. The van der Waals surface area contributed by atoms with Gasteiger partial charge in [-0.25, -0.2) is 0 Å². The van der Waals surface area contributed by atoms with Gasteiger partial charge in [0.05, 0.1) is 10.6 Å². The molecule has 0 aromatic heterocycles. The van der Waals surface area contributed by atoms with Gasteiger partial charge in [0.15, 0.2) is 0 Å². The molecule has 0 atom stereocenters. The zero-order chi connectivity index (χ0) is 17.0. The van der Waals surface area contributed by atoms with E-state index in [1.165, 1.54) is 12.1 Å². The Hall–Kier alpha value is -2.69. The second kappa shape index (κ2) is 11.0. The molecule has 0 unspecified atom stereocenters. The first-order valence-electron chi connectivity index (χ1n) is 7.29. The number of nitro benzene ring substituents is 1. The summed E-state index contributed by atoms with van der Waals surface area (Å²) in [6.07, 6.45) is 1.65. The smallest absolute Gasteiger partial charge is 0.269 e. The summed E-state index contributed by atoms with van der Waals surface area (Å²) in [4.78, 5) is 14.3. The molecule has 0 spiro atoms. The van der Waals surface area contributed by atoms with Crippen molar-refractivity contribution in [1.29, 1.82) is 0 Å². The minimum absolute atomic E-state index is 0.0691. The van der Waals surface area contributed by atoms with Gasteiger partial charge in [0.25, 0.3) is 5.69 Å². The monoisotopic (exact) mass is 301 g/mol. The molecule has 0 saturated heterocycles.